The van der Waals surface area contributed by atoms with Crippen LogP contribution in [-0.2, 0) is 0 Å². The van der Waals surface area contributed by atoms with Crippen LogP contribution in [0.4, 0.5) is 10.9 Å². The zero-order chi connectivity index (χ0) is 13.8. The summed E-state index contributed by atoms with van der Waals surface area (Å²) >= 11 is 6.51. The van der Waals surface area contributed by atoms with Crippen LogP contribution in [0, 0.1) is 0 Å². The first-order valence-electron chi connectivity index (χ1n) is 5.54. The van der Waals surface area contributed by atoms with Crippen molar-refractivity contribution in [2.45, 2.75) is 16.3 Å². The van der Waals surface area contributed by atoms with Crippen LogP contribution in [0.2, 0.25) is 0 Å². The summed E-state index contributed by atoms with van der Waals surface area (Å²) in [6.45, 7) is 2.83. The minimum atomic E-state index is 0.789. The van der Waals surface area contributed by atoms with Gasteiger partial charge in [-0.1, -0.05) is 11.3 Å². The highest BCUT2D eigenvalue weighted by Crippen LogP contribution is 2.37. The molecule has 9 heteroatoms. The molecule has 2 rings (SSSR count). The Bertz CT molecular complexity index is 559. The van der Waals surface area contributed by atoms with Gasteiger partial charge in [0.2, 0.25) is 5.13 Å². The van der Waals surface area contributed by atoms with Crippen molar-refractivity contribution in [3.63, 3.8) is 0 Å². The van der Waals surface area contributed by atoms with Gasteiger partial charge in [0.05, 0.1) is 4.47 Å². The lowest BCUT2D eigenvalue weighted by atomic mass is 10.5. The van der Waals surface area contributed by atoms with E-state index in [0.29, 0.717) is 0 Å². The Kier molecular flexibility index (Phi) is 4.94. The number of hydrogen-bond acceptors (Lipinski definition) is 8. The molecule has 6 nitrogen and oxygen atoms in total. The quantitative estimate of drug-likeness (QED) is 0.822. The SMILES string of the molecule is CCNc1ncnc(Sc2nnc(N(C)C)s2)c1Br. The van der Waals surface area contributed by atoms with Gasteiger partial charge in [-0.25, -0.2) is 9.97 Å². The second-order valence-electron chi connectivity index (χ2n) is 3.72. The Hall–Kier alpha value is -0.930. The minimum Gasteiger partial charge on any atom is -0.369 e. The molecule has 0 aromatic carbocycles. The van der Waals surface area contributed by atoms with Gasteiger partial charge in [-0.05, 0) is 34.6 Å². The largest absolute Gasteiger partial charge is 0.369 e. The normalized spacial score (nSPS) is 10.5. The lowest BCUT2D eigenvalue weighted by Gasteiger charge is -2.07. The summed E-state index contributed by atoms with van der Waals surface area (Å²) in [6, 6.07) is 0. The highest BCUT2D eigenvalue weighted by Gasteiger charge is 2.13. The molecular weight excluding hydrogens is 348 g/mol. The molecule has 2 aromatic rings. The Morgan fingerprint density at radius 2 is 2.16 bits per heavy atom. The molecule has 0 fully saturated rings. The first-order chi connectivity index (χ1) is 9.11. The topological polar surface area (TPSA) is 66.8 Å². The molecule has 0 atom stereocenters. The molecule has 2 heterocycles. The highest BCUT2D eigenvalue weighted by molar-refractivity contribution is 9.10. The predicted octanol–water partition coefficient (Wildman–Crippen LogP) is 2.74. The molecule has 0 bridgehead atoms. The summed E-state index contributed by atoms with van der Waals surface area (Å²) < 4.78 is 1.70. The summed E-state index contributed by atoms with van der Waals surface area (Å²) in [5.41, 5.74) is 0. The number of nitrogens with zero attached hydrogens (tertiary/aromatic N) is 5. The second kappa shape index (κ2) is 6.49. The van der Waals surface area contributed by atoms with Gasteiger partial charge >= 0.3 is 0 Å². The fourth-order valence-electron chi connectivity index (χ4n) is 1.22. The lowest BCUT2D eigenvalue weighted by Crippen LogP contribution is -2.07. The van der Waals surface area contributed by atoms with Crippen LogP contribution in [0.15, 0.2) is 20.2 Å². The molecular formula is C10H13BrN6S2. The molecule has 1 N–H and O–H groups in total. The number of nitrogens with one attached hydrogen (secondary N) is 1. The lowest BCUT2D eigenvalue weighted by molar-refractivity contribution is 0.965. The van der Waals surface area contributed by atoms with Gasteiger partial charge in [0.15, 0.2) is 4.34 Å². The van der Waals surface area contributed by atoms with Gasteiger partial charge < -0.3 is 10.2 Å². The molecule has 19 heavy (non-hydrogen) atoms. The van der Waals surface area contributed by atoms with Crippen molar-refractivity contribution in [2.75, 3.05) is 30.9 Å². The summed E-state index contributed by atoms with van der Waals surface area (Å²) in [6.07, 6.45) is 1.54. The van der Waals surface area contributed by atoms with Crippen LogP contribution >= 0.6 is 39.0 Å². The van der Waals surface area contributed by atoms with Crippen LogP contribution in [0.3, 0.4) is 0 Å². The molecule has 2 aromatic heterocycles. The standard InChI is InChI=1S/C10H13BrN6S2/c1-4-12-7-6(11)8(14-5-13-7)18-10-16-15-9(19-10)17(2)3/h5H,4H2,1-3H3,(H,12,13,14). The number of rotatable bonds is 5. The van der Waals surface area contributed by atoms with E-state index in [9.17, 15) is 0 Å². The molecule has 102 valence electrons. The average molecular weight is 361 g/mol. The van der Waals surface area contributed by atoms with E-state index in [-0.39, 0.29) is 0 Å². The van der Waals surface area contributed by atoms with E-state index in [4.69, 9.17) is 0 Å². The van der Waals surface area contributed by atoms with Gasteiger partial charge in [-0.2, -0.15) is 0 Å². The van der Waals surface area contributed by atoms with Crippen LogP contribution in [0.25, 0.3) is 0 Å². The third kappa shape index (κ3) is 3.54. The van der Waals surface area contributed by atoms with Crippen molar-refractivity contribution in [1.82, 2.24) is 20.2 Å². The number of halogens is 1. The van der Waals surface area contributed by atoms with E-state index in [1.54, 1.807) is 6.33 Å². The molecule has 0 unspecified atom stereocenters. The zero-order valence-corrected chi connectivity index (χ0v) is 13.9. The highest BCUT2D eigenvalue weighted by atomic mass is 79.9. The number of aromatic nitrogens is 4. The Balaban J connectivity index is 2.20. The van der Waals surface area contributed by atoms with E-state index in [1.165, 1.54) is 23.1 Å². The Labute approximate surface area is 128 Å². The van der Waals surface area contributed by atoms with Gasteiger partial charge in [0, 0.05) is 20.6 Å². The first kappa shape index (κ1) is 14.5. The van der Waals surface area contributed by atoms with Crippen molar-refractivity contribution in [3.05, 3.63) is 10.8 Å². The number of hydrogen-bond donors (Lipinski definition) is 1. The fraction of sp³-hybridized carbons (Fsp3) is 0.400. The van der Waals surface area contributed by atoms with Gasteiger partial charge in [-0.3, -0.25) is 0 Å². The molecule has 0 aliphatic heterocycles. The summed E-state index contributed by atoms with van der Waals surface area (Å²) in [4.78, 5) is 10.4. The average Bonchev–Trinajstić information content (AvgIpc) is 2.83. The van der Waals surface area contributed by atoms with Crippen LogP contribution in [0.1, 0.15) is 6.92 Å². The van der Waals surface area contributed by atoms with E-state index in [1.807, 2.05) is 25.9 Å². The minimum absolute atomic E-state index is 0.789. The maximum absolute atomic E-state index is 4.26. The smallest absolute Gasteiger partial charge is 0.208 e. The van der Waals surface area contributed by atoms with Crippen molar-refractivity contribution in [1.29, 1.82) is 0 Å². The maximum atomic E-state index is 4.26. The summed E-state index contributed by atoms with van der Waals surface area (Å²) in [5, 5.41) is 13.1. The zero-order valence-electron chi connectivity index (χ0n) is 10.7. The third-order valence-corrected chi connectivity index (χ3v) is 5.22. The summed E-state index contributed by atoms with van der Waals surface area (Å²) in [7, 11) is 3.89. The van der Waals surface area contributed by atoms with Crippen LogP contribution < -0.4 is 10.2 Å². The monoisotopic (exact) mass is 360 g/mol. The van der Waals surface area contributed by atoms with Crippen LogP contribution in [0.5, 0.6) is 0 Å². The van der Waals surface area contributed by atoms with Gasteiger partial charge in [0.1, 0.15) is 17.2 Å². The van der Waals surface area contributed by atoms with E-state index in [2.05, 4.69) is 41.4 Å². The number of anilines is 2. The second-order valence-corrected chi connectivity index (χ2v) is 6.70. The van der Waals surface area contributed by atoms with E-state index >= 15 is 0 Å². The molecule has 0 amide bonds. The van der Waals surface area contributed by atoms with Gasteiger partial charge in [0.25, 0.3) is 0 Å². The molecule has 0 aliphatic rings. The molecule has 0 saturated carbocycles. The van der Waals surface area contributed by atoms with E-state index in [0.717, 1.165) is 31.3 Å². The fourth-order valence-corrected chi connectivity index (χ4v) is 3.47. The van der Waals surface area contributed by atoms with Crippen LogP contribution in [-0.4, -0.2) is 40.8 Å². The first-order valence-corrected chi connectivity index (χ1v) is 7.97. The Morgan fingerprint density at radius 3 is 2.79 bits per heavy atom. The molecule has 0 radical (unpaired) electrons. The van der Waals surface area contributed by atoms with Gasteiger partial charge in [-0.15, -0.1) is 10.2 Å². The maximum Gasteiger partial charge on any atom is 0.208 e. The summed E-state index contributed by atoms with van der Waals surface area (Å²) in [5.74, 6) is 0.789. The van der Waals surface area contributed by atoms with Crippen molar-refractivity contribution >= 4 is 50.0 Å². The van der Waals surface area contributed by atoms with Crippen molar-refractivity contribution in [2.24, 2.45) is 0 Å². The van der Waals surface area contributed by atoms with Crippen molar-refractivity contribution < 1.29 is 0 Å². The Morgan fingerprint density at radius 1 is 1.37 bits per heavy atom. The molecule has 0 aliphatic carbocycles. The third-order valence-electron chi connectivity index (χ3n) is 2.06. The molecule has 0 spiro atoms. The molecule has 0 saturated heterocycles. The van der Waals surface area contributed by atoms with E-state index < -0.39 is 0 Å². The van der Waals surface area contributed by atoms with Crippen molar-refractivity contribution in [3.8, 4) is 0 Å². The predicted molar refractivity (Wildman–Crippen MR) is 82.3 cm³/mol.